The smallest absolute Gasteiger partial charge is 0.425 e. The van der Waals surface area contributed by atoms with Gasteiger partial charge in [-0.2, -0.15) is 27.3 Å². The van der Waals surface area contributed by atoms with E-state index in [1.165, 1.54) is 54.7 Å². The summed E-state index contributed by atoms with van der Waals surface area (Å²) >= 11 is 0. The molecule has 9 nitrogen and oxygen atoms in total. The standard InChI is InChI=1S/C24H19F4N5O4/c1-32-18-10-14(6-8-20(34)24(26,27)28)5-7-19(18)37-13-17(22(32)35)31-23(36)33-12-15(11-29-33)9-16-3-2-4-21(25)30-16/h2-5,7,10-12,17,20,34H,9,13H2,1H3,(H,31,36)/t17-,20?/m0/s1. The van der Waals surface area contributed by atoms with E-state index < -0.39 is 36.2 Å². The van der Waals surface area contributed by atoms with Gasteiger partial charge < -0.3 is 20.1 Å². The molecule has 37 heavy (non-hydrogen) atoms. The predicted octanol–water partition coefficient (Wildman–Crippen LogP) is 2.26. The average molecular weight is 517 g/mol. The summed E-state index contributed by atoms with van der Waals surface area (Å²) in [4.78, 5) is 30.6. The van der Waals surface area contributed by atoms with Gasteiger partial charge in [-0.25, -0.2) is 9.78 Å². The number of amides is 2. The number of benzene rings is 1. The molecule has 0 aliphatic carbocycles. The third-order valence-electron chi connectivity index (χ3n) is 5.32. The third-order valence-corrected chi connectivity index (χ3v) is 5.32. The van der Waals surface area contributed by atoms with Gasteiger partial charge in [0, 0.05) is 30.9 Å². The van der Waals surface area contributed by atoms with Crippen LogP contribution in [0.2, 0.25) is 0 Å². The lowest BCUT2D eigenvalue weighted by Crippen LogP contribution is -2.50. The van der Waals surface area contributed by atoms with Gasteiger partial charge in [0.05, 0.1) is 11.9 Å². The van der Waals surface area contributed by atoms with Crippen LogP contribution in [-0.4, -0.2) is 63.8 Å². The van der Waals surface area contributed by atoms with Crippen LogP contribution in [0.1, 0.15) is 16.8 Å². The van der Waals surface area contributed by atoms with E-state index in [4.69, 9.17) is 9.84 Å². The highest BCUT2D eigenvalue weighted by atomic mass is 19.4. The number of nitrogens with zero attached hydrogens (tertiary/aromatic N) is 4. The summed E-state index contributed by atoms with van der Waals surface area (Å²) in [6.07, 6.45) is -4.62. The fourth-order valence-electron chi connectivity index (χ4n) is 3.45. The van der Waals surface area contributed by atoms with Crippen LogP contribution in [0.3, 0.4) is 0 Å². The highest BCUT2D eigenvalue weighted by Crippen LogP contribution is 2.31. The molecule has 2 N–H and O–H groups in total. The molecular formula is C24H19F4N5O4. The maximum absolute atomic E-state index is 13.3. The molecule has 192 valence electrons. The van der Waals surface area contributed by atoms with Gasteiger partial charge in [0.25, 0.3) is 5.91 Å². The maximum atomic E-state index is 13.3. The monoisotopic (exact) mass is 517 g/mol. The van der Waals surface area contributed by atoms with Gasteiger partial charge in [-0.3, -0.25) is 4.79 Å². The molecule has 2 amide bonds. The van der Waals surface area contributed by atoms with Crippen LogP contribution < -0.4 is 15.0 Å². The number of alkyl halides is 3. The number of pyridine rings is 1. The number of carbonyl (C=O) groups excluding carboxylic acids is 2. The minimum atomic E-state index is -4.88. The molecule has 2 aromatic heterocycles. The first kappa shape index (κ1) is 25.6. The van der Waals surface area contributed by atoms with Crippen molar-refractivity contribution in [1.82, 2.24) is 20.1 Å². The predicted molar refractivity (Wildman–Crippen MR) is 121 cm³/mol. The number of anilines is 1. The molecule has 3 heterocycles. The van der Waals surface area contributed by atoms with Crippen LogP contribution in [0.4, 0.5) is 28.0 Å². The molecule has 2 atom stereocenters. The molecular weight excluding hydrogens is 498 g/mol. The number of ether oxygens (including phenoxy) is 1. The van der Waals surface area contributed by atoms with E-state index >= 15 is 0 Å². The molecule has 0 radical (unpaired) electrons. The highest BCUT2D eigenvalue weighted by Gasteiger charge is 2.37. The molecule has 0 fully saturated rings. The SMILES string of the molecule is CN1C(=O)[C@@H](NC(=O)n2cc(Cc3cccc(F)n3)cn2)COc2ccc(C#CC(O)C(F)(F)F)cc21. The number of aromatic nitrogens is 3. The Kier molecular flexibility index (Phi) is 7.12. The molecule has 13 heteroatoms. The van der Waals surface area contributed by atoms with Gasteiger partial charge in [-0.1, -0.05) is 17.9 Å². The minimum Gasteiger partial charge on any atom is -0.489 e. The van der Waals surface area contributed by atoms with E-state index in [1.807, 2.05) is 0 Å². The van der Waals surface area contributed by atoms with E-state index in [9.17, 15) is 27.2 Å². The number of fused-ring (bicyclic) bond motifs is 1. The van der Waals surface area contributed by atoms with Crippen molar-refractivity contribution in [3.63, 3.8) is 0 Å². The van der Waals surface area contributed by atoms with Crippen LogP contribution in [0.5, 0.6) is 5.75 Å². The van der Waals surface area contributed by atoms with Crippen LogP contribution in [0, 0.1) is 17.8 Å². The number of hydrogen-bond donors (Lipinski definition) is 2. The lowest BCUT2D eigenvalue weighted by atomic mass is 10.1. The largest absolute Gasteiger partial charge is 0.489 e. The van der Waals surface area contributed by atoms with Crippen LogP contribution in [0.15, 0.2) is 48.8 Å². The Morgan fingerprint density at radius 3 is 2.84 bits per heavy atom. The Morgan fingerprint density at radius 2 is 2.11 bits per heavy atom. The Bertz CT molecular complexity index is 1400. The maximum Gasteiger partial charge on any atom is 0.425 e. The Morgan fingerprint density at radius 1 is 1.32 bits per heavy atom. The quantitative estimate of drug-likeness (QED) is 0.314. The van der Waals surface area contributed by atoms with Crippen molar-refractivity contribution in [3.8, 4) is 17.6 Å². The van der Waals surface area contributed by atoms with E-state index in [0.29, 0.717) is 11.3 Å². The molecule has 0 saturated carbocycles. The van der Waals surface area contributed by atoms with Crippen molar-refractivity contribution in [2.75, 3.05) is 18.6 Å². The molecule has 3 aromatic rings. The number of rotatable bonds is 3. The molecule has 1 aliphatic rings. The molecule has 4 rings (SSSR count). The number of hydrogen-bond acceptors (Lipinski definition) is 6. The number of likely N-dealkylation sites (N-methyl/N-ethyl adjacent to an activating group) is 1. The summed E-state index contributed by atoms with van der Waals surface area (Å²) in [6, 6.07) is 6.68. The fourth-order valence-corrected chi connectivity index (χ4v) is 3.45. The lowest BCUT2D eigenvalue weighted by Gasteiger charge is -2.20. The molecule has 1 aromatic carbocycles. The van der Waals surface area contributed by atoms with Gasteiger partial charge in [0.2, 0.25) is 12.1 Å². The fraction of sp³-hybridized carbons (Fsp3) is 0.250. The number of carbonyl (C=O) groups is 2. The topological polar surface area (TPSA) is 110 Å². The lowest BCUT2D eigenvalue weighted by molar-refractivity contribution is -0.184. The van der Waals surface area contributed by atoms with Gasteiger partial charge >= 0.3 is 12.2 Å². The van der Waals surface area contributed by atoms with Crippen molar-refractivity contribution < 1.29 is 37.0 Å². The number of halogens is 4. The second-order valence-corrected chi connectivity index (χ2v) is 8.03. The van der Waals surface area contributed by atoms with Crippen molar-refractivity contribution in [3.05, 3.63) is 71.6 Å². The van der Waals surface area contributed by atoms with Gasteiger partial charge in [0.15, 0.2) is 0 Å². The summed E-state index contributed by atoms with van der Waals surface area (Å²) in [5.41, 5.74) is 1.37. The third kappa shape index (κ3) is 6.04. The first-order valence-corrected chi connectivity index (χ1v) is 10.8. The Balaban J connectivity index is 1.45. The van der Waals surface area contributed by atoms with E-state index in [1.54, 1.807) is 12.0 Å². The zero-order valence-corrected chi connectivity index (χ0v) is 19.2. The normalized spacial score (nSPS) is 16.1. The summed E-state index contributed by atoms with van der Waals surface area (Å²) in [6.45, 7) is -0.221. The van der Waals surface area contributed by atoms with E-state index in [-0.39, 0.29) is 30.0 Å². The number of nitrogens with one attached hydrogen (secondary N) is 1. The first-order valence-electron chi connectivity index (χ1n) is 10.8. The van der Waals surface area contributed by atoms with Crippen LogP contribution >= 0.6 is 0 Å². The summed E-state index contributed by atoms with van der Waals surface area (Å²) < 4.78 is 57.4. The summed E-state index contributed by atoms with van der Waals surface area (Å²) in [5, 5.41) is 15.6. The highest BCUT2D eigenvalue weighted by molar-refractivity contribution is 6.00. The minimum absolute atomic E-state index is 0.115. The molecule has 1 aliphatic heterocycles. The van der Waals surface area contributed by atoms with Crippen molar-refractivity contribution >= 4 is 17.6 Å². The second kappa shape index (κ2) is 10.3. The van der Waals surface area contributed by atoms with Crippen molar-refractivity contribution in [2.45, 2.75) is 24.7 Å². The van der Waals surface area contributed by atoms with Crippen LogP contribution in [0.25, 0.3) is 0 Å². The van der Waals surface area contributed by atoms with Crippen molar-refractivity contribution in [2.24, 2.45) is 0 Å². The molecule has 0 bridgehead atoms. The zero-order valence-electron chi connectivity index (χ0n) is 19.2. The van der Waals surface area contributed by atoms with Crippen LogP contribution in [-0.2, 0) is 11.2 Å². The van der Waals surface area contributed by atoms with Crippen molar-refractivity contribution in [1.29, 1.82) is 0 Å². The molecule has 0 spiro atoms. The van der Waals surface area contributed by atoms with Gasteiger partial charge in [-0.05, 0) is 35.9 Å². The molecule has 1 unspecified atom stereocenters. The zero-order chi connectivity index (χ0) is 26.7. The Hall–Kier alpha value is -4.44. The summed E-state index contributed by atoms with van der Waals surface area (Å²) in [5.74, 6) is 3.00. The Labute approximate surface area is 207 Å². The van der Waals surface area contributed by atoms with Gasteiger partial charge in [-0.15, -0.1) is 0 Å². The number of aliphatic hydroxyl groups is 1. The molecule has 0 saturated heterocycles. The average Bonchev–Trinajstić information content (AvgIpc) is 3.28. The van der Waals surface area contributed by atoms with E-state index in [2.05, 4.69) is 21.3 Å². The number of aliphatic hydroxyl groups excluding tert-OH is 1. The van der Waals surface area contributed by atoms with E-state index in [0.717, 1.165) is 4.68 Å². The summed E-state index contributed by atoms with van der Waals surface area (Å²) in [7, 11) is 1.41. The van der Waals surface area contributed by atoms with Gasteiger partial charge in [0.1, 0.15) is 18.4 Å². The first-order chi connectivity index (χ1) is 17.5. The second-order valence-electron chi connectivity index (χ2n) is 8.03.